The van der Waals surface area contributed by atoms with Gasteiger partial charge in [-0.3, -0.25) is 4.79 Å². The van der Waals surface area contributed by atoms with Crippen molar-refractivity contribution < 1.29 is 14.3 Å². The fourth-order valence-electron chi connectivity index (χ4n) is 1.46. The summed E-state index contributed by atoms with van der Waals surface area (Å²) in [5, 5.41) is 0. The molecule has 0 fully saturated rings. The van der Waals surface area contributed by atoms with Gasteiger partial charge in [0.25, 0.3) is 0 Å². The molecule has 17 heavy (non-hydrogen) atoms. The molecule has 5 heteroatoms. The standard InChI is InChI=1S/C12H12N2O3/c1-14-7-3-5-10(14)12(16)17-8-11(15)9-4-2-6-13-9/h2-7,13H,8H2,1H3. The Morgan fingerprint density at radius 3 is 2.76 bits per heavy atom. The van der Waals surface area contributed by atoms with E-state index in [1.807, 2.05) is 0 Å². The lowest BCUT2D eigenvalue weighted by atomic mass is 10.3. The van der Waals surface area contributed by atoms with Crippen LogP contribution in [-0.4, -0.2) is 27.9 Å². The number of esters is 1. The zero-order valence-corrected chi connectivity index (χ0v) is 9.34. The van der Waals surface area contributed by atoms with E-state index in [0.29, 0.717) is 11.4 Å². The number of Topliss-reactive ketones (excluding diaryl/α,β-unsaturated/α-hetero) is 1. The second kappa shape index (κ2) is 4.69. The van der Waals surface area contributed by atoms with E-state index in [1.165, 1.54) is 0 Å². The second-order valence-electron chi connectivity index (χ2n) is 3.59. The molecule has 0 atom stereocenters. The van der Waals surface area contributed by atoms with E-state index in [9.17, 15) is 9.59 Å². The van der Waals surface area contributed by atoms with Crippen molar-refractivity contribution in [1.29, 1.82) is 0 Å². The van der Waals surface area contributed by atoms with Crippen molar-refractivity contribution in [3.63, 3.8) is 0 Å². The summed E-state index contributed by atoms with van der Waals surface area (Å²) < 4.78 is 6.56. The summed E-state index contributed by atoms with van der Waals surface area (Å²) in [4.78, 5) is 25.9. The number of aromatic nitrogens is 2. The summed E-state index contributed by atoms with van der Waals surface area (Å²) in [6.45, 7) is -0.259. The Morgan fingerprint density at radius 1 is 1.35 bits per heavy atom. The van der Waals surface area contributed by atoms with Gasteiger partial charge in [-0.15, -0.1) is 0 Å². The van der Waals surface area contributed by atoms with Crippen LogP contribution in [0.15, 0.2) is 36.7 Å². The van der Waals surface area contributed by atoms with Crippen molar-refractivity contribution in [2.45, 2.75) is 0 Å². The number of ketones is 1. The van der Waals surface area contributed by atoms with Crippen LogP contribution < -0.4 is 0 Å². The summed E-state index contributed by atoms with van der Waals surface area (Å²) in [7, 11) is 1.74. The van der Waals surface area contributed by atoms with E-state index in [2.05, 4.69) is 4.98 Å². The molecule has 88 valence electrons. The molecule has 0 spiro atoms. The Labute approximate surface area is 98.0 Å². The lowest BCUT2D eigenvalue weighted by Gasteiger charge is -2.04. The van der Waals surface area contributed by atoms with Crippen LogP contribution in [0.4, 0.5) is 0 Å². The third-order valence-corrected chi connectivity index (χ3v) is 2.39. The minimum Gasteiger partial charge on any atom is -0.453 e. The number of rotatable bonds is 4. The zero-order chi connectivity index (χ0) is 12.3. The predicted molar refractivity (Wildman–Crippen MR) is 60.8 cm³/mol. The molecule has 0 amide bonds. The van der Waals surface area contributed by atoms with Gasteiger partial charge in [0.15, 0.2) is 6.61 Å². The molecular formula is C12H12N2O3. The third kappa shape index (κ3) is 2.44. The summed E-state index contributed by atoms with van der Waals surface area (Å²) in [6.07, 6.45) is 3.38. The normalized spacial score (nSPS) is 10.2. The molecule has 0 bridgehead atoms. The lowest BCUT2D eigenvalue weighted by Crippen LogP contribution is -2.16. The van der Waals surface area contributed by atoms with Crippen molar-refractivity contribution in [1.82, 2.24) is 9.55 Å². The average Bonchev–Trinajstić information content (AvgIpc) is 2.95. The molecule has 0 aliphatic heterocycles. The first-order valence-corrected chi connectivity index (χ1v) is 5.13. The van der Waals surface area contributed by atoms with E-state index < -0.39 is 5.97 Å². The second-order valence-corrected chi connectivity index (χ2v) is 3.59. The SMILES string of the molecule is Cn1cccc1C(=O)OCC(=O)c1ccc[nH]1. The minimum absolute atomic E-state index is 0.252. The molecule has 2 aromatic heterocycles. The Morgan fingerprint density at radius 2 is 2.18 bits per heavy atom. The van der Waals surface area contributed by atoms with Gasteiger partial charge in [0.1, 0.15) is 5.69 Å². The van der Waals surface area contributed by atoms with Crippen LogP contribution in [0.25, 0.3) is 0 Å². The van der Waals surface area contributed by atoms with Crippen LogP contribution in [-0.2, 0) is 11.8 Å². The van der Waals surface area contributed by atoms with Crippen LogP contribution >= 0.6 is 0 Å². The Bertz CT molecular complexity index is 526. The van der Waals surface area contributed by atoms with Crippen molar-refractivity contribution in [2.24, 2.45) is 7.05 Å². The first-order valence-electron chi connectivity index (χ1n) is 5.13. The largest absolute Gasteiger partial charge is 0.453 e. The van der Waals surface area contributed by atoms with Crippen molar-refractivity contribution >= 4 is 11.8 Å². The average molecular weight is 232 g/mol. The fourth-order valence-corrected chi connectivity index (χ4v) is 1.46. The van der Waals surface area contributed by atoms with Crippen molar-refractivity contribution in [3.8, 4) is 0 Å². The topological polar surface area (TPSA) is 64.1 Å². The highest BCUT2D eigenvalue weighted by molar-refractivity contribution is 5.97. The summed E-state index contributed by atoms with van der Waals surface area (Å²) in [5.41, 5.74) is 0.856. The number of aromatic amines is 1. The van der Waals surface area contributed by atoms with Gasteiger partial charge in [0, 0.05) is 19.4 Å². The Balaban J connectivity index is 1.93. The van der Waals surface area contributed by atoms with E-state index in [0.717, 1.165) is 0 Å². The van der Waals surface area contributed by atoms with Crippen molar-refractivity contribution in [3.05, 3.63) is 48.0 Å². The van der Waals surface area contributed by atoms with Gasteiger partial charge in [-0.2, -0.15) is 0 Å². The van der Waals surface area contributed by atoms with Gasteiger partial charge < -0.3 is 14.3 Å². The number of nitrogens with zero attached hydrogens (tertiary/aromatic N) is 1. The van der Waals surface area contributed by atoms with Crippen molar-refractivity contribution in [2.75, 3.05) is 6.61 Å². The summed E-state index contributed by atoms with van der Waals surface area (Å²) >= 11 is 0. The number of carbonyl (C=O) groups is 2. The number of aryl methyl sites for hydroxylation is 1. The first-order chi connectivity index (χ1) is 8.18. The Hall–Kier alpha value is -2.30. The van der Waals surface area contributed by atoms with Gasteiger partial charge in [0.05, 0.1) is 5.69 Å². The molecule has 2 heterocycles. The highest BCUT2D eigenvalue weighted by atomic mass is 16.5. The maximum absolute atomic E-state index is 11.6. The zero-order valence-electron chi connectivity index (χ0n) is 9.34. The van der Waals surface area contributed by atoms with Crippen LogP contribution in [0.1, 0.15) is 21.0 Å². The molecule has 0 unspecified atom stereocenters. The van der Waals surface area contributed by atoms with Gasteiger partial charge in [-0.05, 0) is 24.3 Å². The lowest BCUT2D eigenvalue weighted by molar-refractivity contribution is 0.0464. The number of hydrogen-bond acceptors (Lipinski definition) is 3. The number of nitrogens with one attached hydrogen (secondary N) is 1. The molecule has 0 aliphatic carbocycles. The Kier molecular flexibility index (Phi) is 3.09. The molecule has 5 nitrogen and oxygen atoms in total. The molecule has 0 radical (unpaired) electrons. The monoisotopic (exact) mass is 232 g/mol. The quantitative estimate of drug-likeness (QED) is 0.640. The van der Waals surface area contributed by atoms with E-state index >= 15 is 0 Å². The maximum Gasteiger partial charge on any atom is 0.355 e. The minimum atomic E-state index is -0.502. The summed E-state index contributed by atoms with van der Waals surface area (Å²) in [6, 6.07) is 6.73. The molecule has 2 rings (SSSR count). The maximum atomic E-state index is 11.6. The number of ether oxygens (including phenoxy) is 1. The van der Waals surface area contributed by atoms with Gasteiger partial charge in [-0.25, -0.2) is 4.79 Å². The van der Waals surface area contributed by atoms with Gasteiger partial charge >= 0.3 is 5.97 Å². The number of H-pyrrole nitrogens is 1. The predicted octanol–water partition coefficient (Wildman–Crippen LogP) is 1.39. The highest BCUT2D eigenvalue weighted by Gasteiger charge is 2.13. The molecule has 1 N–H and O–H groups in total. The van der Waals surface area contributed by atoms with Crippen LogP contribution in [0.3, 0.4) is 0 Å². The third-order valence-electron chi connectivity index (χ3n) is 2.39. The number of carbonyl (C=O) groups excluding carboxylic acids is 2. The highest BCUT2D eigenvalue weighted by Crippen LogP contribution is 2.03. The van der Waals surface area contributed by atoms with Crippen LogP contribution in [0.5, 0.6) is 0 Å². The van der Waals surface area contributed by atoms with E-state index in [4.69, 9.17) is 4.74 Å². The van der Waals surface area contributed by atoms with Crippen LogP contribution in [0, 0.1) is 0 Å². The van der Waals surface area contributed by atoms with E-state index in [-0.39, 0.29) is 12.4 Å². The molecule has 0 aliphatic rings. The number of hydrogen-bond donors (Lipinski definition) is 1. The molecule has 0 saturated carbocycles. The van der Waals surface area contributed by atoms with Gasteiger partial charge in [0.2, 0.25) is 5.78 Å². The first kappa shape index (κ1) is 11.2. The van der Waals surface area contributed by atoms with Crippen LogP contribution in [0.2, 0.25) is 0 Å². The van der Waals surface area contributed by atoms with E-state index in [1.54, 1.807) is 48.3 Å². The summed E-state index contributed by atoms with van der Waals surface area (Å²) in [5.74, 6) is -0.755. The van der Waals surface area contributed by atoms with Gasteiger partial charge in [-0.1, -0.05) is 0 Å². The fraction of sp³-hybridized carbons (Fsp3) is 0.167. The molecule has 2 aromatic rings. The molecule has 0 aromatic carbocycles. The smallest absolute Gasteiger partial charge is 0.355 e. The molecular weight excluding hydrogens is 220 g/mol. The molecule has 0 saturated heterocycles.